The normalized spacial score (nSPS) is 24.9. The maximum absolute atomic E-state index is 13.6. The van der Waals surface area contributed by atoms with Gasteiger partial charge in [-0.1, -0.05) is 18.6 Å². The summed E-state index contributed by atoms with van der Waals surface area (Å²) in [6, 6.07) is 5.02. The van der Waals surface area contributed by atoms with E-state index in [2.05, 4.69) is 16.0 Å². The second-order valence-corrected chi connectivity index (χ2v) is 7.45. The van der Waals surface area contributed by atoms with E-state index >= 15 is 0 Å². The Hall–Kier alpha value is -2.19. The van der Waals surface area contributed by atoms with Crippen molar-refractivity contribution in [1.29, 1.82) is 0 Å². The third kappa shape index (κ3) is 5.42. The molecule has 4 N–H and O–H groups in total. The lowest BCUT2D eigenvalue weighted by Gasteiger charge is -2.36. The average molecular weight is 393 g/mol. The van der Waals surface area contributed by atoms with Crippen LogP contribution >= 0.6 is 0 Å². The molecular formula is C20H28FN3O4. The Bertz CT molecular complexity index is 683. The molecule has 0 aromatic heterocycles. The summed E-state index contributed by atoms with van der Waals surface area (Å²) < 4.78 is 19.5. The standard InChI is InChI=1S/C20H28FN3O4/c21-15-6-1-2-7-16(15)23-20(27)24-17-9-8-14(28-18(17)12-25)10-11-22-19(26)13-4-3-5-13/h1-2,6-7,13-14,17-18,25H,3-5,8-12H2,(H,22,26)(H2,23,24,27)/t14-,17-,18+/m1/s1. The van der Waals surface area contributed by atoms with Crippen LogP contribution in [-0.2, 0) is 9.53 Å². The van der Waals surface area contributed by atoms with Crippen LogP contribution in [0.3, 0.4) is 0 Å². The molecule has 1 aromatic rings. The highest BCUT2D eigenvalue weighted by molar-refractivity contribution is 5.89. The third-order valence-corrected chi connectivity index (χ3v) is 5.48. The van der Waals surface area contributed by atoms with Gasteiger partial charge in [0.05, 0.1) is 24.4 Å². The van der Waals surface area contributed by atoms with Crippen LogP contribution in [0.2, 0.25) is 0 Å². The number of hydrogen-bond donors (Lipinski definition) is 4. The number of nitrogens with one attached hydrogen (secondary N) is 3. The number of halogens is 1. The van der Waals surface area contributed by atoms with Crippen molar-refractivity contribution in [3.63, 3.8) is 0 Å². The SMILES string of the molecule is O=C(Nc1ccccc1F)N[C@@H]1CC[C@H](CCNC(=O)C2CCC2)O[C@H]1CO. The molecule has 0 radical (unpaired) electrons. The van der Waals surface area contributed by atoms with Crippen LogP contribution in [0, 0.1) is 11.7 Å². The Kier molecular flexibility index (Phi) is 7.22. The maximum atomic E-state index is 13.6. The number of carbonyl (C=O) groups is 2. The second-order valence-electron chi connectivity index (χ2n) is 7.45. The van der Waals surface area contributed by atoms with E-state index in [4.69, 9.17) is 4.74 Å². The van der Waals surface area contributed by atoms with Crippen LogP contribution in [-0.4, -0.2) is 48.4 Å². The van der Waals surface area contributed by atoms with Crippen molar-refractivity contribution >= 4 is 17.6 Å². The monoisotopic (exact) mass is 393 g/mol. The van der Waals surface area contributed by atoms with Gasteiger partial charge in [-0.3, -0.25) is 4.79 Å². The number of ether oxygens (including phenoxy) is 1. The maximum Gasteiger partial charge on any atom is 0.319 e. The van der Waals surface area contributed by atoms with Crippen molar-refractivity contribution in [1.82, 2.24) is 10.6 Å². The molecule has 0 unspecified atom stereocenters. The minimum Gasteiger partial charge on any atom is -0.394 e. The fourth-order valence-corrected chi connectivity index (χ4v) is 3.57. The molecule has 0 spiro atoms. The number of amides is 3. The van der Waals surface area contributed by atoms with Crippen molar-refractivity contribution in [3.8, 4) is 0 Å². The van der Waals surface area contributed by atoms with Gasteiger partial charge in [0, 0.05) is 12.5 Å². The topological polar surface area (TPSA) is 99.7 Å². The largest absolute Gasteiger partial charge is 0.394 e. The van der Waals surface area contributed by atoms with Crippen molar-refractivity contribution in [2.75, 3.05) is 18.5 Å². The molecular weight excluding hydrogens is 365 g/mol. The summed E-state index contributed by atoms with van der Waals surface area (Å²) in [5.74, 6) is -0.232. The molecule has 1 saturated carbocycles. The molecule has 2 fully saturated rings. The van der Waals surface area contributed by atoms with Gasteiger partial charge in [-0.05, 0) is 44.2 Å². The molecule has 1 aliphatic heterocycles. The number of para-hydroxylation sites is 1. The first-order chi connectivity index (χ1) is 13.6. The predicted octanol–water partition coefficient (Wildman–Crippen LogP) is 2.16. The van der Waals surface area contributed by atoms with E-state index in [0.717, 1.165) is 19.3 Å². The van der Waals surface area contributed by atoms with Crippen LogP contribution in [0.15, 0.2) is 24.3 Å². The summed E-state index contributed by atoms with van der Waals surface area (Å²) in [6.45, 7) is 0.319. The average Bonchev–Trinajstić information content (AvgIpc) is 2.63. The Morgan fingerprint density at radius 1 is 1.18 bits per heavy atom. The Labute approximate surface area is 164 Å². The van der Waals surface area contributed by atoms with Crippen LogP contribution < -0.4 is 16.0 Å². The van der Waals surface area contributed by atoms with Gasteiger partial charge in [-0.2, -0.15) is 0 Å². The smallest absolute Gasteiger partial charge is 0.319 e. The third-order valence-electron chi connectivity index (χ3n) is 5.48. The number of hydrogen-bond acceptors (Lipinski definition) is 4. The van der Waals surface area contributed by atoms with Gasteiger partial charge in [0.2, 0.25) is 5.91 Å². The fourth-order valence-electron chi connectivity index (χ4n) is 3.57. The highest BCUT2D eigenvalue weighted by Gasteiger charge is 2.32. The Morgan fingerprint density at radius 2 is 1.96 bits per heavy atom. The number of aliphatic hydroxyl groups excluding tert-OH is 1. The Balaban J connectivity index is 1.41. The lowest BCUT2D eigenvalue weighted by molar-refractivity contribution is -0.127. The minimum absolute atomic E-state index is 0.0773. The summed E-state index contributed by atoms with van der Waals surface area (Å²) in [5, 5.41) is 17.8. The van der Waals surface area contributed by atoms with E-state index < -0.39 is 18.0 Å². The van der Waals surface area contributed by atoms with E-state index in [9.17, 15) is 19.1 Å². The summed E-state index contributed by atoms with van der Waals surface area (Å²) in [6.07, 6.45) is 4.47. The molecule has 1 saturated heterocycles. The van der Waals surface area contributed by atoms with Crippen molar-refractivity contribution < 1.29 is 23.8 Å². The fraction of sp³-hybridized carbons (Fsp3) is 0.600. The summed E-state index contributed by atoms with van der Waals surface area (Å²) in [5.41, 5.74) is 0.0948. The highest BCUT2D eigenvalue weighted by atomic mass is 19.1. The molecule has 0 bridgehead atoms. The lowest BCUT2D eigenvalue weighted by Crippen LogP contribution is -2.52. The first-order valence-electron chi connectivity index (χ1n) is 9.93. The van der Waals surface area contributed by atoms with E-state index in [0.29, 0.717) is 25.8 Å². The van der Waals surface area contributed by atoms with Gasteiger partial charge in [0.1, 0.15) is 11.9 Å². The van der Waals surface area contributed by atoms with Gasteiger partial charge < -0.3 is 25.8 Å². The van der Waals surface area contributed by atoms with Gasteiger partial charge in [-0.25, -0.2) is 9.18 Å². The molecule has 1 aliphatic carbocycles. The predicted molar refractivity (Wildman–Crippen MR) is 102 cm³/mol. The molecule has 2 aliphatic rings. The summed E-state index contributed by atoms with van der Waals surface area (Å²) >= 11 is 0. The number of urea groups is 1. The highest BCUT2D eigenvalue weighted by Crippen LogP contribution is 2.26. The molecule has 3 amide bonds. The molecule has 7 nitrogen and oxygen atoms in total. The van der Waals surface area contributed by atoms with Crippen molar-refractivity contribution in [2.45, 2.75) is 56.8 Å². The second kappa shape index (κ2) is 9.84. The van der Waals surface area contributed by atoms with Crippen molar-refractivity contribution in [3.05, 3.63) is 30.1 Å². The summed E-state index contributed by atoms with van der Waals surface area (Å²) in [7, 11) is 0. The van der Waals surface area contributed by atoms with Crippen molar-refractivity contribution in [2.24, 2.45) is 5.92 Å². The van der Waals surface area contributed by atoms with E-state index in [-0.39, 0.29) is 36.3 Å². The Morgan fingerprint density at radius 3 is 2.64 bits per heavy atom. The van der Waals surface area contributed by atoms with Gasteiger partial charge in [-0.15, -0.1) is 0 Å². The van der Waals surface area contributed by atoms with Crippen LogP contribution in [0.5, 0.6) is 0 Å². The lowest BCUT2D eigenvalue weighted by atomic mass is 9.85. The van der Waals surface area contributed by atoms with Gasteiger partial charge in [0.15, 0.2) is 0 Å². The minimum atomic E-state index is -0.539. The zero-order valence-electron chi connectivity index (χ0n) is 15.8. The first-order valence-corrected chi connectivity index (χ1v) is 9.93. The number of benzene rings is 1. The molecule has 1 heterocycles. The van der Waals surface area contributed by atoms with Crippen LogP contribution in [0.25, 0.3) is 0 Å². The summed E-state index contributed by atoms with van der Waals surface area (Å²) in [4.78, 5) is 24.0. The zero-order valence-corrected chi connectivity index (χ0v) is 15.8. The molecule has 28 heavy (non-hydrogen) atoms. The van der Waals surface area contributed by atoms with Crippen LogP contribution in [0.4, 0.5) is 14.9 Å². The first kappa shape index (κ1) is 20.5. The van der Waals surface area contributed by atoms with E-state index in [1.54, 1.807) is 12.1 Å². The molecule has 3 atom stereocenters. The quantitative estimate of drug-likeness (QED) is 0.570. The van der Waals surface area contributed by atoms with E-state index in [1.165, 1.54) is 12.1 Å². The number of rotatable bonds is 7. The van der Waals surface area contributed by atoms with Gasteiger partial charge in [0.25, 0.3) is 0 Å². The van der Waals surface area contributed by atoms with Crippen LogP contribution in [0.1, 0.15) is 38.5 Å². The number of carbonyl (C=O) groups excluding carboxylic acids is 2. The van der Waals surface area contributed by atoms with Gasteiger partial charge >= 0.3 is 6.03 Å². The molecule has 3 rings (SSSR count). The number of anilines is 1. The molecule has 154 valence electrons. The van der Waals surface area contributed by atoms with E-state index in [1.807, 2.05) is 0 Å². The number of aliphatic hydroxyl groups is 1. The zero-order chi connectivity index (χ0) is 19.9. The molecule has 1 aromatic carbocycles. The molecule has 8 heteroatoms.